The zero-order valence-corrected chi connectivity index (χ0v) is 13.6. The number of H-pyrrole nitrogens is 1. The van der Waals surface area contributed by atoms with Crippen molar-refractivity contribution in [1.82, 2.24) is 20.2 Å². The molecule has 3 N–H and O–H groups in total. The van der Waals surface area contributed by atoms with E-state index in [4.69, 9.17) is 4.74 Å². The Morgan fingerprint density at radius 1 is 1.43 bits per heavy atom. The molecule has 1 aromatic rings. The molecule has 8 heteroatoms. The summed E-state index contributed by atoms with van der Waals surface area (Å²) in [5.74, 6) is 0. The standard InChI is InChI=1S/C13H24N4O3S/c1-4-14-8-12-9(2)15-16-13(12)21(18,19)17-10-5-6-11(7-10)20-3/h10-11,14,17H,4-8H2,1-3H3,(H,15,16). The van der Waals surface area contributed by atoms with E-state index in [1.165, 1.54) is 0 Å². The van der Waals surface area contributed by atoms with Crippen molar-refractivity contribution in [3.05, 3.63) is 11.3 Å². The number of aryl methyl sites for hydroxylation is 1. The molecule has 1 aliphatic rings. The predicted octanol–water partition coefficient (Wildman–Crippen LogP) is 0.673. The van der Waals surface area contributed by atoms with E-state index in [1.807, 2.05) is 13.8 Å². The third-order valence-electron chi connectivity index (χ3n) is 3.88. The number of aromatic nitrogens is 2. The summed E-state index contributed by atoms with van der Waals surface area (Å²) >= 11 is 0. The minimum absolute atomic E-state index is 0.0797. The second-order valence-corrected chi connectivity index (χ2v) is 7.03. The van der Waals surface area contributed by atoms with Crippen LogP contribution in [0.4, 0.5) is 0 Å². The first-order chi connectivity index (χ1) is 9.97. The molecule has 0 radical (unpaired) electrons. The van der Waals surface area contributed by atoms with Gasteiger partial charge in [0.2, 0.25) is 0 Å². The molecular weight excluding hydrogens is 292 g/mol. The summed E-state index contributed by atoms with van der Waals surface area (Å²) in [5, 5.41) is 9.98. The summed E-state index contributed by atoms with van der Waals surface area (Å²) in [6.07, 6.45) is 2.53. The van der Waals surface area contributed by atoms with Gasteiger partial charge in [-0.05, 0) is 32.7 Å². The van der Waals surface area contributed by atoms with Crippen molar-refractivity contribution in [2.75, 3.05) is 13.7 Å². The first-order valence-corrected chi connectivity index (χ1v) is 8.76. The van der Waals surface area contributed by atoms with Gasteiger partial charge in [0.1, 0.15) is 0 Å². The topological polar surface area (TPSA) is 96.1 Å². The Morgan fingerprint density at radius 2 is 2.19 bits per heavy atom. The van der Waals surface area contributed by atoms with Crippen molar-refractivity contribution < 1.29 is 13.2 Å². The highest BCUT2D eigenvalue weighted by atomic mass is 32.2. The van der Waals surface area contributed by atoms with E-state index in [2.05, 4.69) is 20.2 Å². The van der Waals surface area contributed by atoms with Crippen LogP contribution < -0.4 is 10.0 Å². The predicted molar refractivity (Wildman–Crippen MR) is 79.5 cm³/mol. The van der Waals surface area contributed by atoms with Crippen molar-refractivity contribution in [3.8, 4) is 0 Å². The molecule has 21 heavy (non-hydrogen) atoms. The Bertz CT molecular complexity index is 570. The zero-order valence-electron chi connectivity index (χ0n) is 12.8. The largest absolute Gasteiger partial charge is 0.381 e. The Hall–Kier alpha value is -0.960. The molecule has 0 amide bonds. The number of rotatable bonds is 7. The number of nitrogens with zero attached hydrogens (tertiary/aromatic N) is 1. The smallest absolute Gasteiger partial charge is 0.260 e. The molecule has 0 bridgehead atoms. The van der Waals surface area contributed by atoms with Crippen LogP contribution in [-0.4, -0.2) is 44.4 Å². The van der Waals surface area contributed by atoms with Crippen molar-refractivity contribution in [2.45, 2.75) is 56.8 Å². The maximum Gasteiger partial charge on any atom is 0.260 e. The summed E-state index contributed by atoms with van der Waals surface area (Å²) in [4.78, 5) is 0. The average Bonchev–Trinajstić information content (AvgIpc) is 3.03. The zero-order chi connectivity index (χ0) is 15.5. The third-order valence-corrected chi connectivity index (χ3v) is 5.37. The Balaban J connectivity index is 2.12. The van der Waals surface area contributed by atoms with Gasteiger partial charge in [-0.25, -0.2) is 13.1 Å². The van der Waals surface area contributed by atoms with Crippen LogP contribution in [-0.2, 0) is 21.3 Å². The van der Waals surface area contributed by atoms with Gasteiger partial charge >= 0.3 is 0 Å². The molecule has 0 aromatic carbocycles. The van der Waals surface area contributed by atoms with E-state index in [0.29, 0.717) is 18.5 Å². The lowest BCUT2D eigenvalue weighted by molar-refractivity contribution is 0.107. The summed E-state index contributed by atoms with van der Waals surface area (Å²) in [5.41, 5.74) is 1.48. The Morgan fingerprint density at radius 3 is 2.81 bits per heavy atom. The number of sulfonamides is 1. The first-order valence-electron chi connectivity index (χ1n) is 7.27. The molecule has 2 rings (SSSR count). The van der Waals surface area contributed by atoms with E-state index in [0.717, 1.165) is 25.1 Å². The molecule has 7 nitrogen and oxygen atoms in total. The van der Waals surface area contributed by atoms with Crippen molar-refractivity contribution >= 4 is 10.0 Å². The van der Waals surface area contributed by atoms with E-state index < -0.39 is 10.0 Å². The van der Waals surface area contributed by atoms with E-state index in [1.54, 1.807) is 7.11 Å². The highest BCUT2D eigenvalue weighted by molar-refractivity contribution is 7.89. The van der Waals surface area contributed by atoms with E-state index in [-0.39, 0.29) is 17.2 Å². The van der Waals surface area contributed by atoms with Crippen LogP contribution in [0.25, 0.3) is 0 Å². The molecule has 120 valence electrons. The van der Waals surface area contributed by atoms with Gasteiger partial charge in [-0.3, -0.25) is 5.10 Å². The number of aromatic amines is 1. The maximum atomic E-state index is 12.5. The summed E-state index contributed by atoms with van der Waals surface area (Å²) < 4.78 is 33.1. The summed E-state index contributed by atoms with van der Waals surface area (Å²) in [6, 6.07) is -0.0797. The summed E-state index contributed by atoms with van der Waals surface area (Å²) in [6.45, 7) is 5.07. The lowest BCUT2D eigenvalue weighted by atomic mass is 10.2. The van der Waals surface area contributed by atoms with Gasteiger partial charge in [-0.2, -0.15) is 5.10 Å². The number of nitrogens with one attached hydrogen (secondary N) is 3. The molecule has 0 saturated heterocycles. The van der Waals surface area contributed by atoms with Crippen molar-refractivity contribution in [2.24, 2.45) is 0 Å². The average molecular weight is 316 g/mol. The highest BCUT2D eigenvalue weighted by Crippen LogP contribution is 2.24. The van der Waals surface area contributed by atoms with Gasteiger partial charge in [0.05, 0.1) is 6.10 Å². The number of hydrogen-bond donors (Lipinski definition) is 3. The lowest BCUT2D eigenvalue weighted by Gasteiger charge is -2.13. The SMILES string of the molecule is CCNCc1c(S(=O)(=O)NC2CCC(OC)C2)n[nH]c1C. The fourth-order valence-corrected chi connectivity index (χ4v) is 4.13. The number of ether oxygens (including phenoxy) is 1. The van der Waals surface area contributed by atoms with Crippen molar-refractivity contribution in [1.29, 1.82) is 0 Å². The van der Waals surface area contributed by atoms with Gasteiger partial charge in [-0.1, -0.05) is 6.92 Å². The first kappa shape index (κ1) is 16.4. The minimum Gasteiger partial charge on any atom is -0.381 e. The van der Waals surface area contributed by atoms with Gasteiger partial charge in [-0.15, -0.1) is 0 Å². The molecule has 1 aromatic heterocycles. The Kier molecular flexibility index (Phi) is 5.37. The highest BCUT2D eigenvalue weighted by Gasteiger charge is 2.31. The fourth-order valence-electron chi connectivity index (χ4n) is 2.65. The van der Waals surface area contributed by atoms with Crippen LogP contribution in [0.2, 0.25) is 0 Å². The second kappa shape index (κ2) is 6.87. The van der Waals surface area contributed by atoms with Crippen LogP contribution in [0, 0.1) is 6.92 Å². The van der Waals surface area contributed by atoms with Gasteiger partial charge < -0.3 is 10.1 Å². The maximum absolute atomic E-state index is 12.5. The quantitative estimate of drug-likeness (QED) is 0.687. The monoisotopic (exact) mass is 316 g/mol. The molecule has 1 aliphatic carbocycles. The van der Waals surface area contributed by atoms with Crippen LogP contribution in [0.15, 0.2) is 5.03 Å². The normalized spacial score (nSPS) is 22.8. The molecule has 2 atom stereocenters. The fraction of sp³-hybridized carbons (Fsp3) is 0.769. The van der Waals surface area contributed by atoms with Gasteiger partial charge in [0.25, 0.3) is 10.0 Å². The molecular formula is C13H24N4O3S. The van der Waals surface area contributed by atoms with Crippen LogP contribution in [0.3, 0.4) is 0 Å². The van der Waals surface area contributed by atoms with Crippen LogP contribution in [0.5, 0.6) is 0 Å². The second-order valence-electron chi connectivity index (χ2n) is 5.40. The molecule has 0 aliphatic heterocycles. The molecule has 0 spiro atoms. The van der Waals surface area contributed by atoms with Gasteiger partial charge in [0.15, 0.2) is 5.03 Å². The van der Waals surface area contributed by atoms with Gasteiger partial charge in [0, 0.05) is 31.0 Å². The molecule has 2 unspecified atom stereocenters. The van der Waals surface area contributed by atoms with E-state index >= 15 is 0 Å². The van der Waals surface area contributed by atoms with E-state index in [9.17, 15) is 8.42 Å². The van der Waals surface area contributed by atoms with Crippen LogP contribution in [0.1, 0.15) is 37.4 Å². The summed E-state index contributed by atoms with van der Waals surface area (Å²) in [7, 11) is -1.94. The lowest BCUT2D eigenvalue weighted by Crippen LogP contribution is -2.34. The number of hydrogen-bond acceptors (Lipinski definition) is 5. The Labute approximate surface area is 125 Å². The molecule has 1 fully saturated rings. The van der Waals surface area contributed by atoms with Crippen LogP contribution >= 0.6 is 0 Å². The van der Waals surface area contributed by atoms with Crippen molar-refractivity contribution in [3.63, 3.8) is 0 Å². The molecule has 1 saturated carbocycles. The third kappa shape index (κ3) is 3.82. The minimum atomic E-state index is -3.60. The number of methoxy groups -OCH3 is 1. The molecule has 1 heterocycles.